The molecule has 0 unspecified atom stereocenters. The Hall–Kier alpha value is -3.28. The number of carbonyl (C=O) groups is 1. The van der Waals surface area contributed by atoms with E-state index in [0.717, 1.165) is 23.4 Å². The van der Waals surface area contributed by atoms with Crippen molar-refractivity contribution in [1.82, 2.24) is 4.98 Å². The maximum absolute atomic E-state index is 13.6. The SMILES string of the molecule is Cc1ccc(Nc2cncc(C(=O)Nc3c(F)cccc3F)c2)cc1. The highest BCUT2D eigenvalue weighted by atomic mass is 19.1. The number of benzene rings is 2. The first-order chi connectivity index (χ1) is 12.0. The molecule has 25 heavy (non-hydrogen) atoms. The number of nitrogens with one attached hydrogen (secondary N) is 2. The number of hydrogen-bond acceptors (Lipinski definition) is 3. The first-order valence-corrected chi connectivity index (χ1v) is 7.57. The van der Waals surface area contributed by atoms with Gasteiger partial charge < -0.3 is 10.6 Å². The largest absolute Gasteiger partial charge is 0.354 e. The summed E-state index contributed by atoms with van der Waals surface area (Å²) >= 11 is 0. The molecule has 0 saturated carbocycles. The van der Waals surface area contributed by atoms with E-state index < -0.39 is 23.2 Å². The van der Waals surface area contributed by atoms with Crippen LogP contribution in [0.3, 0.4) is 0 Å². The van der Waals surface area contributed by atoms with Crippen molar-refractivity contribution in [3.63, 3.8) is 0 Å². The molecule has 0 aliphatic carbocycles. The maximum Gasteiger partial charge on any atom is 0.257 e. The number of aryl methyl sites for hydroxylation is 1. The molecule has 3 aromatic rings. The maximum atomic E-state index is 13.6. The van der Waals surface area contributed by atoms with Gasteiger partial charge in [-0.05, 0) is 37.3 Å². The molecule has 0 aliphatic heterocycles. The van der Waals surface area contributed by atoms with Gasteiger partial charge in [0.1, 0.15) is 17.3 Å². The molecule has 1 aromatic heterocycles. The smallest absolute Gasteiger partial charge is 0.257 e. The molecule has 0 spiro atoms. The van der Waals surface area contributed by atoms with Crippen LogP contribution in [0.25, 0.3) is 0 Å². The van der Waals surface area contributed by atoms with Crippen LogP contribution in [0, 0.1) is 18.6 Å². The molecule has 126 valence electrons. The normalized spacial score (nSPS) is 10.4. The van der Waals surface area contributed by atoms with E-state index in [9.17, 15) is 13.6 Å². The van der Waals surface area contributed by atoms with Crippen molar-refractivity contribution in [3.8, 4) is 0 Å². The lowest BCUT2D eigenvalue weighted by molar-refractivity contribution is 0.102. The van der Waals surface area contributed by atoms with Crippen LogP contribution in [0.15, 0.2) is 60.9 Å². The molecule has 0 saturated heterocycles. The van der Waals surface area contributed by atoms with Crippen molar-refractivity contribution in [2.75, 3.05) is 10.6 Å². The first kappa shape index (κ1) is 16.6. The van der Waals surface area contributed by atoms with Crippen molar-refractivity contribution < 1.29 is 13.6 Å². The Morgan fingerprint density at radius 2 is 1.64 bits per heavy atom. The van der Waals surface area contributed by atoms with Gasteiger partial charge in [-0.3, -0.25) is 9.78 Å². The van der Waals surface area contributed by atoms with Gasteiger partial charge in [0.05, 0.1) is 17.4 Å². The third-order valence-corrected chi connectivity index (χ3v) is 3.54. The van der Waals surface area contributed by atoms with Gasteiger partial charge in [-0.2, -0.15) is 0 Å². The van der Waals surface area contributed by atoms with Crippen LogP contribution in [0.4, 0.5) is 25.8 Å². The van der Waals surface area contributed by atoms with Gasteiger partial charge in [-0.1, -0.05) is 23.8 Å². The zero-order chi connectivity index (χ0) is 17.8. The minimum absolute atomic E-state index is 0.180. The summed E-state index contributed by atoms with van der Waals surface area (Å²) in [5.41, 5.74) is 2.25. The monoisotopic (exact) mass is 339 g/mol. The van der Waals surface area contributed by atoms with Gasteiger partial charge in [0.2, 0.25) is 0 Å². The average Bonchev–Trinajstić information content (AvgIpc) is 2.60. The summed E-state index contributed by atoms with van der Waals surface area (Å²) in [5.74, 6) is -2.32. The highest BCUT2D eigenvalue weighted by Crippen LogP contribution is 2.21. The second-order valence-corrected chi connectivity index (χ2v) is 5.50. The van der Waals surface area contributed by atoms with Gasteiger partial charge >= 0.3 is 0 Å². The Kier molecular flexibility index (Phi) is 4.70. The van der Waals surface area contributed by atoms with E-state index in [1.54, 1.807) is 12.3 Å². The van der Waals surface area contributed by atoms with Crippen molar-refractivity contribution >= 4 is 23.0 Å². The Labute approximate surface area is 143 Å². The molecule has 0 fully saturated rings. The fourth-order valence-corrected chi connectivity index (χ4v) is 2.24. The van der Waals surface area contributed by atoms with E-state index in [1.165, 1.54) is 12.3 Å². The number of amides is 1. The standard InChI is InChI=1S/C19H15F2N3O/c1-12-5-7-14(8-6-12)23-15-9-13(10-22-11-15)19(25)24-18-16(20)3-2-4-17(18)21/h2-11,23H,1H3,(H,24,25). The van der Waals surface area contributed by atoms with Gasteiger partial charge in [-0.25, -0.2) is 8.78 Å². The minimum atomic E-state index is -0.838. The highest BCUT2D eigenvalue weighted by molar-refractivity contribution is 6.04. The molecule has 2 N–H and O–H groups in total. The number of carbonyl (C=O) groups excluding carboxylic acids is 1. The summed E-state index contributed by atoms with van der Waals surface area (Å²) in [4.78, 5) is 16.3. The third kappa shape index (κ3) is 3.98. The van der Waals surface area contributed by atoms with Crippen molar-refractivity contribution in [2.24, 2.45) is 0 Å². The molecule has 0 aliphatic rings. The molecule has 3 rings (SSSR count). The van der Waals surface area contributed by atoms with E-state index in [2.05, 4.69) is 15.6 Å². The number of pyridine rings is 1. The molecule has 0 radical (unpaired) electrons. The Morgan fingerprint density at radius 3 is 2.32 bits per heavy atom. The number of anilines is 3. The van der Waals surface area contributed by atoms with Gasteiger partial charge in [-0.15, -0.1) is 0 Å². The van der Waals surface area contributed by atoms with Crippen LogP contribution in [0.5, 0.6) is 0 Å². The van der Waals surface area contributed by atoms with E-state index in [4.69, 9.17) is 0 Å². The van der Waals surface area contributed by atoms with Crippen LogP contribution in [-0.2, 0) is 0 Å². The fraction of sp³-hybridized carbons (Fsp3) is 0.0526. The van der Waals surface area contributed by atoms with Crippen LogP contribution >= 0.6 is 0 Å². The van der Waals surface area contributed by atoms with E-state index in [-0.39, 0.29) is 5.56 Å². The number of para-hydroxylation sites is 1. The Balaban J connectivity index is 1.78. The zero-order valence-electron chi connectivity index (χ0n) is 13.4. The summed E-state index contributed by atoms with van der Waals surface area (Å²) in [5, 5.41) is 5.36. The van der Waals surface area contributed by atoms with Crippen molar-refractivity contribution in [2.45, 2.75) is 6.92 Å². The summed E-state index contributed by atoms with van der Waals surface area (Å²) in [6.45, 7) is 1.98. The van der Waals surface area contributed by atoms with Gasteiger partial charge in [0, 0.05) is 11.9 Å². The van der Waals surface area contributed by atoms with E-state index >= 15 is 0 Å². The molecule has 4 nitrogen and oxygen atoms in total. The number of nitrogens with zero attached hydrogens (tertiary/aromatic N) is 1. The first-order valence-electron chi connectivity index (χ1n) is 7.57. The molecule has 1 heterocycles. The molecule has 1 amide bonds. The minimum Gasteiger partial charge on any atom is -0.354 e. The van der Waals surface area contributed by atoms with Crippen LogP contribution in [0.1, 0.15) is 15.9 Å². The lowest BCUT2D eigenvalue weighted by Crippen LogP contribution is -2.14. The Morgan fingerprint density at radius 1 is 0.960 bits per heavy atom. The van der Waals surface area contributed by atoms with Crippen LogP contribution in [0.2, 0.25) is 0 Å². The predicted molar refractivity (Wildman–Crippen MR) is 93.0 cm³/mol. The fourth-order valence-electron chi connectivity index (χ4n) is 2.24. The molecule has 6 heteroatoms. The lowest BCUT2D eigenvalue weighted by Gasteiger charge is -2.10. The quantitative estimate of drug-likeness (QED) is 0.727. The number of aromatic nitrogens is 1. The second kappa shape index (κ2) is 7.09. The lowest BCUT2D eigenvalue weighted by atomic mass is 10.2. The van der Waals surface area contributed by atoms with E-state index in [0.29, 0.717) is 5.69 Å². The number of rotatable bonds is 4. The summed E-state index contributed by atoms with van der Waals surface area (Å²) in [6.07, 6.45) is 2.88. The Bertz CT molecular complexity index is 891. The van der Waals surface area contributed by atoms with Crippen molar-refractivity contribution in [1.29, 1.82) is 0 Å². The van der Waals surface area contributed by atoms with E-state index in [1.807, 2.05) is 31.2 Å². The predicted octanol–water partition coefficient (Wildman–Crippen LogP) is 4.66. The molecular weight excluding hydrogens is 324 g/mol. The summed E-state index contributed by atoms with van der Waals surface area (Å²) in [6, 6.07) is 12.6. The van der Waals surface area contributed by atoms with Gasteiger partial charge in [0.25, 0.3) is 5.91 Å². The molecular formula is C19H15F2N3O. The van der Waals surface area contributed by atoms with Crippen LogP contribution in [-0.4, -0.2) is 10.9 Å². The van der Waals surface area contributed by atoms with Crippen LogP contribution < -0.4 is 10.6 Å². The summed E-state index contributed by atoms with van der Waals surface area (Å²) in [7, 11) is 0. The number of hydrogen-bond donors (Lipinski definition) is 2. The second-order valence-electron chi connectivity index (χ2n) is 5.50. The van der Waals surface area contributed by atoms with Gasteiger partial charge in [0.15, 0.2) is 0 Å². The molecule has 2 aromatic carbocycles. The third-order valence-electron chi connectivity index (χ3n) is 3.54. The summed E-state index contributed by atoms with van der Waals surface area (Å²) < 4.78 is 27.3. The topological polar surface area (TPSA) is 54.0 Å². The number of halogens is 2. The van der Waals surface area contributed by atoms with Crippen molar-refractivity contribution in [3.05, 3.63) is 83.7 Å². The average molecular weight is 339 g/mol. The highest BCUT2D eigenvalue weighted by Gasteiger charge is 2.14. The molecule has 0 atom stereocenters. The zero-order valence-corrected chi connectivity index (χ0v) is 13.4. The molecule has 0 bridgehead atoms.